The van der Waals surface area contributed by atoms with Crippen LogP contribution in [0.2, 0.25) is 0 Å². The fourth-order valence-electron chi connectivity index (χ4n) is 2.28. The average Bonchev–Trinajstić information content (AvgIpc) is 2.63. The molecule has 0 radical (unpaired) electrons. The minimum Gasteiger partial charge on any atom is -0.491 e. The van der Waals surface area contributed by atoms with E-state index in [9.17, 15) is 9.59 Å². The van der Waals surface area contributed by atoms with Gasteiger partial charge in [0.1, 0.15) is 24.0 Å². The van der Waals surface area contributed by atoms with Gasteiger partial charge >= 0.3 is 5.97 Å². The zero-order valence-electron chi connectivity index (χ0n) is 13.8. The monoisotopic (exact) mass is 316 g/mol. The second-order valence-electron chi connectivity index (χ2n) is 6.38. The van der Waals surface area contributed by atoms with Crippen LogP contribution in [0, 0.1) is 11.3 Å². The Morgan fingerprint density at radius 3 is 2.74 bits per heavy atom. The lowest BCUT2D eigenvalue weighted by Gasteiger charge is -2.29. The highest BCUT2D eigenvalue weighted by Gasteiger charge is 2.33. The molecule has 1 amide bonds. The maximum Gasteiger partial charge on any atom is 0.329 e. The molecule has 1 unspecified atom stereocenters. The highest BCUT2D eigenvalue weighted by Crippen LogP contribution is 2.26. The maximum atomic E-state index is 12.7. The number of esters is 1. The first kappa shape index (κ1) is 16.8. The standard InChI is InChI=1S/C17H20N2O4/c1-11(16(21)23-17(2,3)4)19-7-8-22-14-9-12(10-18)5-6-13(14)15(19)20/h5-6,9,11H,7-8H2,1-4H3. The third-order valence-corrected chi connectivity index (χ3v) is 3.41. The van der Waals surface area contributed by atoms with E-state index in [2.05, 4.69) is 0 Å². The first-order valence-corrected chi connectivity index (χ1v) is 7.43. The molecule has 6 heteroatoms. The van der Waals surface area contributed by atoms with Crippen molar-refractivity contribution in [3.63, 3.8) is 0 Å². The van der Waals surface area contributed by atoms with E-state index in [0.29, 0.717) is 16.9 Å². The summed E-state index contributed by atoms with van der Waals surface area (Å²) in [5.41, 5.74) is 0.151. The number of fused-ring (bicyclic) bond motifs is 1. The Balaban J connectivity index is 2.26. The summed E-state index contributed by atoms with van der Waals surface area (Å²) in [6.07, 6.45) is 0. The van der Waals surface area contributed by atoms with E-state index in [1.807, 2.05) is 6.07 Å². The zero-order chi connectivity index (χ0) is 17.2. The summed E-state index contributed by atoms with van der Waals surface area (Å²) in [6.45, 7) is 7.51. The minimum atomic E-state index is -0.716. The number of nitriles is 1. The minimum absolute atomic E-state index is 0.251. The molecule has 0 saturated heterocycles. The Kier molecular flexibility index (Phi) is 4.60. The van der Waals surface area contributed by atoms with Gasteiger partial charge in [-0.1, -0.05) is 0 Å². The lowest BCUT2D eigenvalue weighted by molar-refractivity contribution is -0.159. The Bertz CT molecular complexity index is 670. The molecule has 1 atom stereocenters. The quantitative estimate of drug-likeness (QED) is 0.781. The molecule has 1 aromatic rings. The van der Waals surface area contributed by atoms with Crippen molar-refractivity contribution < 1.29 is 19.1 Å². The molecule has 0 spiro atoms. The van der Waals surface area contributed by atoms with Gasteiger partial charge in [0, 0.05) is 0 Å². The van der Waals surface area contributed by atoms with Crippen LogP contribution in [0.25, 0.3) is 0 Å². The van der Waals surface area contributed by atoms with Crippen molar-refractivity contribution in [2.45, 2.75) is 39.3 Å². The molecule has 0 aromatic heterocycles. The Morgan fingerprint density at radius 2 is 2.13 bits per heavy atom. The Labute approximate surface area is 135 Å². The highest BCUT2D eigenvalue weighted by molar-refractivity contribution is 5.99. The summed E-state index contributed by atoms with van der Waals surface area (Å²) in [5, 5.41) is 8.93. The van der Waals surface area contributed by atoms with Crippen LogP contribution in [0.15, 0.2) is 18.2 Å². The first-order chi connectivity index (χ1) is 10.7. The summed E-state index contributed by atoms with van der Waals surface area (Å²) < 4.78 is 10.9. The number of carbonyl (C=O) groups is 2. The smallest absolute Gasteiger partial charge is 0.329 e. The topological polar surface area (TPSA) is 79.6 Å². The van der Waals surface area contributed by atoms with E-state index in [1.54, 1.807) is 39.8 Å². The van der Waals surface area contributed by atoms with Gasteiger partial charge in [-0.25, -0.2) is 4.79 Å². The molecule has 1 heterocycles. The van der Waals surface area contributed by atoms with E-state index in [-0.39, 0.29) is 19.1 Å². The molecule has 0 N–H and O–H groups in total. The van der Waals surface area contributed by atoms with E-state index >= 15 is 0 Å². The van der Waals surface area contributed by atoms with Crippen LogP contribution in [0.4, 0.5) is 0 Å². The van der Waals surface area contributed by atoms with Crippen LogP contribution >= 0.6 is 0 Å². The van der Waals surface area contributed by atoms with Gasteiger partial charge in [-0.05, 0) is 45.9 Å². The summed E-state index contributed by atoms with van der Waals surface area (Å²) in [6, 6.07) is 5.94. The predicted octanol–water partition coefficient (Wildman–Crippen LogP) is 2.12. The number of hydrogen-bond acceptors (Lipinski definition) is 5. The largest absolute Gasteiger partial charge is 0.491 e. The number of hydrogen-bond donors (Lipinski definition) is 0. The van der Waals surface area contributed by atoms with Crippen molar-refractivity contribution in [3.05, 3.63) is 29.3 Å². The van der Waals surface area contributed by atoms with E-state index in [0.717, 1.165) is 0 Å². The number of carbonyl (C=O) groups excluding carboxylic acids is 2. The second-order valence-corrected chi connectivity index (χ2v) is 6.38. The molecule has 0 fully saturated rings. The van der Waals surface area contributed by atoms with Crippen LogP contribution in [-0.4, -0.2) is 41.6 Å². The van der Waals surface area contributed by atoms with Gasteiger partial charge in [0.2, 0.25) is 0 Å². The van der Waals surface area contributed by atoms with E-state index < -0.39 is 17.6 Å². The molecule has 122 valence electrons. The third kappa shape index (κ3) is 3.81. The number of nitrogens with zero attached hydrogens (tertiary/aromatic N) is 2. The number of rotatable bonds is 2. The van der Waals surface area contributed by atoms with E-state index in [1.165, 1.54) is 11.0 Å². The van der Waals surface area contributed by atoms with Crippen molar-refractivity contribution in [1.29, 1.82) is 5.26 Å². The summed E-state index contributed by atoms with van der Waals surface area (Å²) in [7, 11) is 0. The molecule has 23 heavy (non-hydrogen) atoms. The molecule has 1 aromatic carbocycles. The molecule has 1 aliphatic heterocycles. The van der Waals surface area contributed by atoms with Crippen LogP contribution in [0.3, 0.4) is 0 Å². The zero-order valence-corrected chi connectivity index (χ0v) is 13.8. The van der Waals surface area contributed by atoms with Gasteiger partial charge < -0.3 is 14.4 Å². The molecular weight excluding hydrogens is 296 g/mol. The van der Waals surface area contributed by atoms with Gasteiger partial charge in [0.25, 0.3) is 5.91 Å². The van der Waals surface area contributed by atoms with Crippen molar-refractivity contribution in [1.82, 2.24) is 4.90 Å². The molecule has 6 nitrogen and oxygen atoms in total. The molecule has 0 aliphatic carbocycles. The van der Waals surface area contributed by atoms with Gasteiger partial charge in [0.15, 0.2) is 0 Å². The lowest BCUT2D eigenvalue weighted by atomic mass is 10.1. The summed E-state index contributed by atoms with van der Waals surface area (Å²) >= 11 is 0. The molecule has 2 rings (SSSR count). The molecule has 0 saturated carbocycles. The summed E-state index contributed by atoms with van der Waals surface area (Å²) in [5.74, 6) is -0.392. The van der Waals surface area contributed by atoms with Gasteiger partial charge in [0.05, 0.1) is 23.7 Å². The van der Waals surface area contributed by atoms with Gasteiger partial charge in [-0.3, -0.25) is 4.79 Å². The van der Waals surface area contributed by atoms with Crippen LogP contribution in [-0.2, 0) is 9.53 Å². The predicted molar refractivity (Wildman–Crippen MR) is 83.0 cm³/mol. The summed E-state index contributed by atoms with van der Waals surface area (Å²) in [4.78, 5) is 26.4. The van der Waals surface area contributed by atoms with Crippen LogP contribution in [0.1, 0.15) is 43.6 Å². The fourth-order valence-corrected chi connectivity index (χ4v) is 2.28. The number of ether oxygens (including phenoxy) is 2. The van der Waals surface area contributed by atoms with Crippen molar-refractivity contribution in [3.8, 4) is 11.8 Å². The van der Waals surface area contributed by atoms with Crippen molar-refractivity contribution in [2.24, 2.45) is 0 Å². The number of benzene rings is 1. The highest BCUT2D eigenvalue weighted by atomic mass is 16.6. The Morgan fingerprint density at radius 1 is 1.43 bits per heavy atom. The van der Waals surface area contributed by atoms with Crippen molar-refractivity contribution >= 4 is 11.9 Å². The van der Waals surface area contributed by atoms with Crippen LogP contribution in [0.5, 0.6) is 5.75 Å². The first-order valence-electron chi connectivity index (χ1n) is 7.43. The van der Waals surface area contributed by atoms with Crippen molar-refractivity contribution in [2.75, 3.05) is 13.2 Å². The maximum absolute atomic E-state index is 12.7. The van der Waals surface area contributed by atoms with Gasteiger partial charge in [-0.15, -0.1) is 0 Å². The lowest BCUT2D eigenvalue weighted by Crippen LogP contribution is -2.46. The van der Waals surface area contributed by atoms with E-state index in [4.69, 9.17) is 14.7 Å². The fraction of sp³-hybridized carbons (Fsp3) is 0.471. The third-order valence-electron chi connectivity index (χ3n) is 3.41. The second kappa shape index (κ2) is 6.29. The van der Waals surface area contributed by atoms with Crippen LogP contribution < -0.4 is 4.74 Å². The Hall–Kier alpha value is -2.55. The normalized spacial score (nSPS) is 15.8. The molecular formula is C17H20N2O4. The van der Waals surface area contributed by atoms with Gasteiger partial charge in [-0.2, -0.15) is 5.26 Å². The average molecular weight is 316 g/mol. The SMILES string of the molecule is CC(C(=O)OC(C)(C)C)N1CCOc2cc(C#N)ccc2C1=O. The number of amides is 1. The molecule has 1 aliphatic rings. The molecule has 0 bridgehead atoms.